The van der Waals surface area contributed by atoms with Crippen molar-refractivity contribution < 1.29 is 9.18 Å². The summed E-state index contributed by atoms with van der Waals surface area (Å²) in [6.45, 7) is 5.37. The Balaban J connectivity index is 1.98. The molecule has 1 heterocycles. The van der Waals surface area contributed by atoms with Crippen LogP contribution in [0.15, 0.2) is 24.3 Å². The monoisotopic (exact) mass is 278 g/mol. The van der Waals surface area contributed by atoms with E-state index in [-0.39, 0.29) is 23.7 Å². The number of benzene rings is 1. The zero-order chi connectivity index (χ0) is 14.7. The molecule has 3 nitrogen and oxygen atoms in total. The molecule has 1 aromatic carbocycles. The third-order valence-corrected chi connectivity index (χ3v) is 4.13. The van der Waals surface area contributed by atoms with Crippen LogP contribution in [0, 0.1) is 17.7 Å². The highest BCUT2D eigenvalue weighted by molar-refractivity contribution is 5.79. The summed E-state index contributed by atoms with van der Waals surface area (Å²) in [5.41, 5.74) is 6.56. The molecule has 20 heavy (non-hydrogen) atoms. The summed E-state index contributed by atoms with van der Waals surface area (Å²) in [4.78, 5) is 14.4. The molecule has 4 heteroatoms. The van der Waals surface area contributed by atoms with Crippen molar-refractivity contribution in [3.05, 3.63) is 35.6 Å². The lowest BCUT2D eigenvalue weighted by Gasteiger charge is -2.25. The summed E-state index contributed by atoms with van der Waals surface area (Å²) in [6.07, 6.45) is 1.56. The fraction of sp³-hybridized carbons (Fsp3) is 0.562. The highest BCUT2D eigenvalue weighted by atomic mass is 19.1. The molecular weight excluding hydrogens is 255 g/mol. The van der Waals surface area contributed by atoms with Gasteiger partial charge in [0, 0.05) is 18.5 Å². The van der Waals surface area contributed by atoms with Gasteiger partial charge < -0.3 is 10.6 Å². The molecule has 1 aromatic rings. The molecule has 1 saturated heterocycles. The summed E-state index contributed by atoms with van der Waals surface area (Å²) in [7, 11) is 0. The third kappa shape index (κ3) is 3.37. The first-order valence-corrected chi connectivity index (χ1v) is 7.26. The lowest BCUT2D eigenvalue weighted by Crippen LogP contribution is -2.38. The average Bonchev–Trinajstić information content (AvgIpc) is 2.79. The van der Waals surface area contributed by atoms with Crippen molar-refractivity contribution in [2.45, 2.75) is 32.7 Å². The molecule has 0 saturated carbocycles. The van der Waals surface area contributed by atoms with Gasteiger partial charge in [0.2, 0.25) is 5.91 Å². The van der Waals surface area contributed by atoms with Gasteiger partial charge in [-0.15, -0.1) is 0 Å². The maximum absolute atomic E-state index is 13.2. The summed E-state index contributed by atoms with van der Waals surface area (Å²) in [5.74, 6) is 0.184. The number of rotatable bonds is 4. The van der Waals surface area contributed by atoms with Crippen molar-refractivity contribution in [3.63, 3.8) is 0 Å². The van der Waals surface area contributed by atoms with E-state index in [9.17, 15) is 9.18 Å². The Morgan fingerprint density at radius 3 is 2.90 bits per heavy atom. The van der Waals surface area contributed by atoms with E-state index >= 15 is 0 Å². The third-order valence-electron chi connectivity index (χ3n) is 4.13. The molecule has 1 aliphatic heterocycles. The first kappa shape index (κ1) is 15.0. The topological polar surface area (TPSA) is 46.3 Å². The van der Waals surface area contributed by atoms with Crippen LogP contribution in [0.5, 0.6) is 0 Å². The van der Waals surface area contributed by atoms with Gasteiger partial charge in [-0.1, -0.05) is 19.1 Å². The molecule has 3 unspecified atom stereocenters. The van der Waals surface area contributed by atoms with E-state index in [0.717, 1.165) is 18.5 Å². The van der Waals surface area contributed by atoms with Crippen molar-refractivity contribution in [2.24, 2.45) is 17.6 Å². The zero-order valence-corrected chi connectivity index (χ0v) is 12.2. The van der Waals surface area contributed by atoms with Crippen LogP contribution in [-0.2, 0) is 11.2 Å². The lowest BCUT2D eigenvalue weighted by molar-refractivity contribution is -0.135. The normalized spacial score (nSPS) is 23.9. The summed E-state index contributed by atoms with van der Waals surface area (Å²) < 4.78 is 13.2. The van der Waals surface area contributed by atoms with Gasteiger partial charge in [-0.2, -0.15) is 0 Å². The number of nitrogens with zero attached hydrogens (tertiary/aromatic N) is 1. The Morgan fingerprint density at radius 2 is 2.30 bits per heavy atom. The Kier molecular flexibility index (Phi) is 4.76. The molecule has 1 amide bonds. The van der Waals surface area contributed by atoms with Gasteiger partial charge in [0.15, 0.2) is 0 Å². The number of nitrogens with two attached hydrogens (primary N) is 1. The minimum Gasteiger partial charge on any atom is -0.339 e. The second kappa shape index (κ2) is 6.35. The van der Waals surface area contributed by atoms with E-state index in [1.54, 1.807) is 6.07 Å². The molecule has 0 spiro atoms. The number of likely N-dealkylation sites (tertiary alicyclic amines) is 1. The largest absolute Gasteiger partial charge is 0.339 e. The van der Waals surface area contributed by atoms with Gasteiger partial charge in [0.1, 0.15) is 5.82 Å². The van der Waals surface area contributed by atoms with Crippen LogP contribution in [0.2, 0.25) is 0 Å². The first-order chi connectivity index (χ1) is 9.51. The molecule has 0 aliphatic carbocycles. The van der Waals surface area contributed by atoms with Gasteiger partial charge >= 0.3 is 0 Å². The predicted molar refractivity (Wildman–Crippen MR) is 77.6 cm³/mol. The van der Waals surface area contributed by atoms with Crippen molar-refractivity contribution in [1.29, 1.82) is 0 Å². The maximum atomic E-state index is 13.2. The Hall–Kier alpha value is -1.42. The van der Waals surface area contributed by atoms with E-state index in [1.807, 2.05) is 17.9 Å². The molecule has 2 rings (SSSR count). The number of carbonyl (C=O) groups is 1. The molecule has 2 N–H and O–H groups in total. The van der Waals surface area contributed by atoms with E-state index in [0.29, 0.717) is 18.9 Å². The van der Waals surface area contributed by atoms with E-state index in [2.05, 4.69) is 6.92 Å². The Labute approximate surface area is 120 Å². The molecule has 1 aliphatic rings. The van der Waals surface area contributed by atoms with E-state index < -0.39 is 0 Å². The highest BCUT2D eigenvalue weighted by Gasteiger charge is 2.33. The van der Waals surface area contributed by atoms with Gasteiger partial charge in [-0.3, -0.25) is 4.79 Å². The predicted octanol–water partition coefficient (Wildman–Crippen LogP) is 2.20. The van der Waals surface area contributed by atoms with Crippen LogP contribution in [0.4, 0.5) is 4.39 Å². The van der Waals surface area contributed by atoms with Crippen molar-refractivity contribution >= 4 is 5.91 Å². The Bertz CT molecular complexity index is 477. The highest BCUT2D eigenvalue weighted by Crippen LogP contribution is 2.25. The van der Waals surface area contributed by atoms with Crippen LogP contribution < -0.4 is 5.73 Å². The Morgan fingerprint density at radius 1 is 1.55 bits per heavy atom. The number of hydrogen-bond acceptors (Lipinski definition) is 2. The van der Waals surface area contributed by atoms with Crippen molar-refractivity contribution in [2.75, 3.05) is 13.1 Å². The van der Waals surface area contributed by atoms with Crippen LogP contribution in [0.1, 0.15) is 25.8 Å². The minimum absolute atomic E-state index is 0.129. The minimum atomic E-state index is -0.250. The second-order valence-electron chi connectivity index (χ2n) is 5.91. The molecular formula is C16H23FN2O. The summed E-state index contributed by atoms with van der Waals surface area (Å²) in [5, 5.41) is 0. The van der Waals surface area contributed by atoms with Crippen LogP contribution >= 0.6 is 0 Å². The number of carbonyl (C=O) groups excluding carboxylic acids is 1. The fourth-order valence-electron chi connectivity index (χ4n) is 3.01. The summed E-state index contributed by atoms with van der Waals surface area (Å²) >= 11 is 0. The number of hydrogen-bond donors (Lipinski definition) is 1. The van der Waals surface area contributed by atoms with Crippen LogP contribution in [0.3, 0.4) is 0 Å². The van der Waals surface area contributed by atoms with E-state index in [1.165, 1.54) is 12.1 Å². The van der Waals surface area contributed by atoms with Gasteiger partial charge in [-0.25, -0.2) is 4.39 Å². The molecule has 0 bridgehead atoms. The molecule has 0 aromatic heterocycles. The van der Waals surface area contributed by atoms with Crippen LogP contribution in [0.25, 0.3) is 0 Å². The van der Waals surface area contributed by atoms with Gasteiger partial charge in [0.25, 0.3) is 0 Å². The quantitative estimate of drug-likeness (QED) is 0.917. The van der Waals surface area contributed by atoms with Crippen molar-refractivity contribution in [3.8, 4) is 0 Å². The molecule has 3 atom stereocenters. The number of amides is 1. The molecule has 0 radical (unpaired) electrons. The van der Waals surface area contributed by atoms with Crippen LogP contribution in [-0.4, -0.2) is 29.9 Å². The molecule has 110 valence electrons. The smallest absolute Gasteiger partial charge is 0.225 e. The van der Waals surface area contributed by atoms with Gasteiger partial charge in [-0.05, 0) is 49.9 Å². The maximum Gasteiger partial charge on any atom is 0.225 e. The molecule has 1 fully saturated rings. The SMILES string of the molecule is CC(Cc1cccc(F)c1)C(=O)N1CC(CN)CC1C. The average molecular weight is 278 g/mol. The number of halogens is 1. The fourth-order valence-corrected chi connectivity index (χ4v) is 3.01. The first-order valence-electron chi connectivity index (χ1n) is 7.26. The second-order valence-corrected chi connectivity index (χ2v) is 5.91. The summed E-state index contributed by atoms with van der Waals surface area (Å²) in [6, 6.07) is 6.73. The standard InChI is InChI=1S/C16H23FN2O/c1-11(6-13-4-3-5-15(17)8-13)16(20)19-10-14(9-18)7-12(19)2/h3-5,8,11-12,14H,6-7,9-10,18H2,1-2H3. The van der Waals surface area contributed by atoms with Crippen molar-refractivity contribution in [1.82, 2.24) is 4.90 Å². The lowest BCUT2D eigenvalue weighted by atomic mass is 9.99. The zero-order valence-electron chi connectivity index (χ0n) is 12.2. The van der Waals surface area contributed by atoms with E-state index in [4.69, 9.17) is 5.73 Å². The van der Waals surface area contributed by atoms with Gasteiger partial charge in [0.05, 0.1) is 0 Å².